The van der Waals surface area contributed by atoms with Crippen LogP contribution in [0.2, 0.25) is 18.1 Å². The molecule has 3 aliphatic heterocycles. The van der Waals surface area contributed by atoms with E-state index in [2.05, 4.69) is 5.32 Å². The number of aliphatic hydroxyl groups excluding tert-OH is 1. The fourth-order valence-corrected chi connectivity index (χ4v) is 10.2. The lowest BCUT2D eigenvalue weighted by atomic mass is 9.87. The van der Waals surface area contributed by atoms with Crippen LogP contribution in [0.25, 0.3) is 0 Å². The highest BCUT2D eigenvalue weighted by molar-refractivity contribution is 6.73. The monoisotopic (exact) mass is 855 g/mol. The molecule has 0 bridgehead atoms. The first-order valence-electron chi connectivity index (χ1n) is 19.6. The molecule has 59 heavy (non-hydrogen) atoms. The van der Waals surface area contributed by atoms with E-state index in [4.69, 9.17) is 51.8 Å². The highest BCUT2D eigenvalue weighted by atomic mass is 28.4. The molecule has 3 aliphatic rings. The number of amides is 1. The van der Waals surface area contributed by atoms with Crippen LogP contribution in [-0.2, 0) is 80.6 Å². The number of carbonyl (C=O) groups excluding carboxylic acids is 6. The normalized spacial score (nSPS) is 30.4. The lowest BCUT2D eigenvalue weighted by Gasteiger charge is -2.53. The predicted octanol–water partition coefficient (Wildman–Crippen LogP) is 2.11. The zero-order valence-corrected chi connectivity index (χ0v) is 35.9. The van der Waals surface area contributed by atoms with Gasteiger partial charge in [0.15, 0.2) is 33.1 Å². The molecule has 1 unspecified atom stereocenters. The third kappa shape index (κ3) is 11.8. The van der Waals surface area contributed by atoms with Crippen molar-refractivity contribution < 1.29 is 85.7 Å². The third-order valence-corrected chi connectivity index (χ3v) is 15.1. The second-order valence-electron chi connectivity index (χ2n) is 14.6. The molecule has 3 heterocycles. The van der Waals surface area contributed by atoms with Crippen molar-refractivity contribution in [3.8, 4) is 0 Å². The Labute approximate surface area is 344 Å². The van der Waals surface area contributed by atoms with Crippen LogP contribution in [0.1, 0.15) is 73.7 Å². The molecule has 3 fully saturated rings. The van der Waals surface area contributed by atoms with Gasteiger partial charge in [-0.15, -0.1) is 0 Å². The van der Waals surface area contributed by atoms with E-state index in [1.807, 2.05) is 26.8 Å². The molecular formula is C39H57NO18Si. The summed E-state index contributed by atoms with van der Waals surface area (Å²) in [7, 11) is -1.47. The number of benzene rings is 1. The topological polar surface area (TPSA) is 236 Å². The Bertz CT molecular complexity index is 1620. The predicted molar refractivity (Wildman–Crippen MR) is 203 cm³/mol. The van der Waals surface area contributed by atoms with Crippen molar-refractivity contribution in [2.75, 3.05) is 20.3 Å². The van der Waals surface area contributed by atoms with Crippen molar-refractivity contribution in [1.29, 1.82) is 0 Å². The van der Waals surface area contributed by atoms with Crippen molar-refractivity contribution in [3.63, 3.8) is 0 Å². The van der Waals surface area contributed by atoms with Crippen LogP contribution in [0.3, 0.4) is 0 Å². The largest absolute Gasteiger partial charge is 0.465 e. The maximum atomic E-state index is 14.3. The quantitative estimate of drug-likeness (QED) is 0.130. The molecule has 0 aliphatic carbocycles. The molecular weight excluding hydrogens is 799 g/mol. The van der Waals surface area contributed by atoms with Crippen LogP contribution in [0.4, 0.5) is 0 Å². The molecule has 330 valence electrons. The summed E-state index contributed by atoms with van der Waals surface area (Å²) >= 11 is 0. The number of rotatable bonds is 17. The summed E-state index contributed by atoms with van der Waals surface area (Å²) in [4.78, 5) is 76.9. The fraction of sp³-hybridized carbons (Fsp3) is 0.692. The number of methoxy groups -OCH3 is 1. The van der Waals surface area contributed by atoms with Crippen LogP contribution < -0.4 is 5.32 Å². The maximum absolute atomic E-state index is 14.3. The first-order chi connectivity index (χ1) is 27.9. The second kappa shape index (κ2) is 21.0. The van der Waals surface area contributed by atoms with E-state index in [9.17, 15) is 33.9 Å². The van der Waals surface area contributed by atoms with Crippen molar-refractivity contribution in [1.82, 2.24) is 5.32 Å². The zero-order valence-electron chi connectivity index (χ0n) is 34.9. The molecule has 12 atom stereocenters. The number of aliphatic hydroxyl groups is 1. The van der Waals surface area contributed by atoms with Crippen molar-refractivity contribution in [2.24, 2.45) is 0 Å². The van der Waals surface area contributed by atoms with Crippen LogP contribution in [0.15, 0.2) is 30.3 Å². The van der Waals surface area contributed by atoms with E-state index < -0.39 is 130 Å². The van der Waals surface area contributed by atoms with Gasteiger partial charge in [0, 0.05) is 40.2 Å². The Balaban J connectivity index is 1.92. The van der Waals surface area contributed by atoms with Crippen molar-refractivity contribution in [2.45, 2.75) is 153 Å². The van der Waals surface area contributed by atoms with Gasteiger partial charge in [-0.1, -0.05) is 51.1 Å². The molecule has 1 aromatic rings. The van der Waals surface area contributed by atoms with Crippen molar-refractivity contribution >= 4 is 44.1 Å². The average Bonchev–Trinajstić information content (AvgIpc) is 3.19. The van der Waals surface area contributed by atoms with Gasteiger partial charge in [0.25, 0.3) is 5.79 Å². The molecule has 20 heteroatoms. The first-order valence-corrected chi connectivity index (χ1v) is 22.1. The smallest absolute Gasteiger partial charge is 0.366 e. The summed E-state index contributed by atoms with van der Waals surface area (Å²) in [6, 6.07) is 9.57. The summed E-state index contributed by atoms with van der Waals surface area (Å²) in [5.41, 5.74) is 0.630. The fourth-order valence-electron chi connectivity index (χ4n) is 7.56. The number of ether oxygens (including phenoxy) is 10. The summed E-state index contributed by atoms with van der Waals surface area (Å²) in [6.07, 6.45) is -14.9. The van der Waals surface area contributed by atoms with E-state index in [1.165, 1.54) is 0 Å². The van der Waals surface area contributed by atoms with Crippen LogP contribution in [0, 0.1) is 0 Å². The number of hydrogen-bond acceptors (Lipinski definition) is 18. The molecule has 4 rings (SSSR count). The summed E-state index contributed by atoms with van der Waals surface area (Å²) in [6.45, 7) is 10.7. The van der Waals surface area contributed by atoms with Crippen molar-refractivity contribution in [3.05, 3.63) is 35.9 Å². The van der Waals surface area contributed by atoms with Crippen LogP contribution in [0.5, 0.6) is 0 Å². The minimum atomic E-state index is -2.66. The van der Waals surface area contributed by atoms with Gasteiger partial charge in [0.2, 0.25) is 5.91 Å². The van der Waals surface area contributed by atoms with Gasteiger partial charge in [0.1, 0.15) is 43.2 Å². The number of fused-ring (bicyclic) bond motifs is 1. The van der Waals surface area contributed by atoms with Gasteiger partial charge < -0.3 is 62.2 Å². The van der Waals surface area contributed by atoms with Gasteiger partial charge in [0.05, 0.1) is 26.2 Å². The molecule has 0 radical (unpaired) electrons. The number of esters is 5. The maximum Gasteiger partial charge on any atom is 0.366 e. The summed E-state index contributed by atoms with van der Waals surface area (Å²) < 4.78 is 66.0. The molecule has 0 spiro atoms. The van der Waals surface area contributed by atoms with E-state index in [0.717, 1.165) is 41.7 Å². The van der Waals surface area contributed by atoms with E-state index in [1.54, 1.807) is 24.3 Å². The van der Waals surface area contributed by atoms with E-state index in [0.29, 0.717) is 23.7 Å². The minimum absolute atomic E-state index is 0.0558. The summed E-state index contributed by atoms with van der Waals surface area (Å²) in [5.74, 6) is -8.02. The molecule has 1 amide bonds. The number of hydrogen-bond donors (Lipinski definition) is 2. The molecule has 19 nitrogen and oxygen atoms in total. The average molecular weight is 856 g/mol. The Morgan fingerprint density at radius 3 is 2.08 bits per heavy atom. The first kappa shape index (κ1) is 47.7. The Morgan fingerprint density at radius 2 is 1.54 bits per heavy atom. The van der Waals surface area contributed by atoms with Gasteiger partial charge >= 0.3 is 29.8 Å². The minimum Gasteiger partial charge on any atom is -0.465 e. The molecule has 3 saturated heterocycles. The van der Waals surface area contributed by atoms with E-state index in [-0.39, 0.29) is 6.61 Å². The van der Waals surface area contributed by atoms with Gasteiger partial charge in [-0.2, -0.15) is 0 Å². The summed E-state index contributed by atoms with van der Waals surface area (Å²) in [5, 5.41) is 14.9. The Morgan fingerprint density at radius 1 is 0.898 bits per heavy atom. The lowest BCUT2D eigenvalue weighted by molar-refractivity contribution is -0.393. The second-order valence-corrected chi connectivity index (χ2v) is 19.3. The molecule has 0 aromatic heterocycles. The zero-order chi connectivity index (χ0) is 43.7. The van der Waals surface area contributed by atoms with Gasteiger partial charge in [-0.05, 0) is 18.1 Å². The van der Waals surface area contributed by atoms with Gasteiger partial charge in [-0.3, -0.25) is 24.0 Å². The molecule has 2 N–H and O–H groups in total. The molecule has 1 aromatic carbocycles. The number of carbonyl (C=O) groups is 6. The Kier molecular flexibility index (Phi) is 16.9. The Hall–Kier alpha value is -4.02. The highest BCUT2D eigenvalue weighted by Gasteiger charge is 2.63. The van der Waals surface area contributed by atoms with E-state index >= 15 is 0 Å². The standard InChI is InChI=1S/C39H57NO18Si/c1-10-59(11-2,12-3)58-37-31(46)35(33-29(54-37)20-50-36(55-33)26-16-14-13-15-17-26)57-39(38(47)48-9)18-27(51-23(6)43)30(40-21(4)41)34(56-39)32(53-25(8)45)28(52-24(7)44)19-49-22(5)42/h13-17,27-37,46H,10-12,18-20H2,1-9H3,(H,40,41)/t27-,28+,29+,30+,31+,32+,33-,34+,35+,36?,37-,39-/m0/s1. The highest BCUT2D eigenvalue weighted by Crippen LogP contribution is 2.43. The molecule has 0 saturated carbocycles. The third-order valence-electron chi connectivity index (χ3n) is 10.5. The number of nitrogens with one attached hydrogen (secondary N) is 1. The SMILES string of the molecule is CC[Si](CC)(CC)O[C@@H]1O[C@@H]2COC(c3ccccc3)O[C@@H]2[C@H](O[C@]2(C(=O)OC)C[C@H](OC(C)=O)[C@@H](NC(C)=O)[C@H]([C@H](OC(C)=O)[C@@H](COC(C)=O)OC(C)=O)O2)[C@H]1O. The van der Waals surface area contributed by atoms with Crippen LogP contribution >= 0.6 is 0 Å². The lowest BCUT2D eigenvalue weighted by Crippen LogP contribution is -2.72. The van der Waals surface area contributed by atoms with Gasteiger partial charge in [-0.25, -0.2) is 4.79 Å². The van der Waals surface area contributed by atoms with Crippen LogP contribution in [-0.4, -0.2) is 136 Å².